The minimum Gasteiger partial charge on any atom is -0.490 e. The Balaban J connectivity index is 2.12. The molecule has 0 amide bonds. The Bertz CT molecular complexity index is 407. The lowest BCUT2D eigenvalue weighted by Crippen LogP contribution is -2.28. The van der Waals surface area contributed by atoms with E-state index >= 15 is 0 Å². The van der Waals surface area contributed by atoms with Crippen molar-refractivity contribution in [1.82, 2.24) is 5.43 Å². The third-order valence-electron chi connectivity index (χ3n) is 3.41. The van der Waals surface area contributed by atoms with Gasteiger partial charge in [0.25, 0.3) is 0 Å². The number of hydrazine groups is 1. The van der Waals surface area contributed by atoms with Crippen LogP contribution < -0.4 is 20.7 Å². The molecule has 1 aliphatic rings. The lowest BCUT2D eigenvalue weighted by molar-refractivity contribution is 0.297. The molecule has 0 saturated carbocycles. The number of ether oxygens (including phenoxy) is 2. The summed E-state index contributed by atoms with van der Waals surface area (Å²) in [4.78, 5) is 0. The molecule has 0 aliphatic carbocycles. The van der Waals surface area contributed by atoms with Gasteiger partial charge in [0.15, 0.2) is 11.5 Å². The predicted molar refractivity (Wildman–Crippen MR) is 76.2 cm³/mol. The number of hydrogen-bond acceptors (Lipinski definition) is 4. The number of hydrogen-bond donors (Lipinski definition) is 2. The second-order valence-electron chi connectivity index (χ2n) is 5.45. The molecule has 3 N–H and O–H groups in total. The Kier molecular flexibility index (Phi) is 5.05. The third kappa shape index (κ3) is 3.85. The highest BCUT2D eigenvalue weighted by molar-refractivity contribution is 5.44. The molecule has 0 fully saturated rings. The summed E-state index contributed by atoms with van der Waals surface area (Å²) in [6.45, 7) is 5.88. The molecule has 1 unspecified atom stereocenters. The average Bonchev–Trinajstić information content (AvgIpc) is 2.63. The maximum atomic E-state index is 5.72. The molecule has 0 spiro atoms. The van der Waals surface area contributed by atoms with Crippen LogP contribution in [0.2, 0.25) is 0 Å². The fourth-order valence-electron chi connectivity index (χ4n) is 2.24. The minimum atomic E-state index is 0.166. The van der Waals surface area contributed by atoms with Crippen LogP contribution >= 0.6 is 0 Å². The Labute approximate surface area is 115 Å². The normalized spacial score (nSPS) is 16.2. The molecule has 106 valence electrons. The van der Waals surface area contributed by atoms with Gasteiger partial charge in [-0.25, -0.2) is 0 Å². The van der Waals surface area contributed by atoms with Crippen LogP contribution in [0.5, 0.6) is 11.5 Å². The smallest absolute Gasteiger partial charge is 0.161 e. The molecule has 0 radical (unpaired) electrons. The summed E-state index contributed by atoms with van der Waals surface area (Å²) in [7, 11) is 0. The molecule has 1 aromatic rings. The maximum absolute atomic E-state index is 5.72. The first kappa shape index (κ1) is 14.2. The highest BCUT2D eigenvalue weighted by atomic mass is 16.5. The molecular weight excluding hydrogens is 240 g/mol. The molecular formula is C15H24N2O2. The lowest BCUT2D eigenvalue weighted by Gasteiger charge is -2.19. The topological polar surface area (TPSA) is 56.5 Å². The number of nitrogens with two attached hydrogens (primary N) is 1. The second-order valence-corrected chi connectivity index (χ2v) is 5.45. The van der Waals surface area contributed by atoms with Crippen molar-refractivity contribution >= 4 is 0 Å². The molecule has 1 aromatic carbocycles. The Hall–Kier alpha value is -1.26. The first-order valence-corrected chi connectivity index (χ1v) is 7.06. The van der Waals surface area contributed by atoms with E-state index in [1.165, 1.54) is 0 Å². The van der Waals surface area contributed by atoms with Crippen molar-refractivity contribution in [3.63, 3.8) is 0 Å². The van der Waals surface area contributed by atoms with Crippen molar-refractivity contribution in [1.29, 1.82) is 0 Å². The SMILES string of the molecule is CC(C)CCC(NN)c1ccc2c(c1)OCCCO2. The average molecular weight is 264 g/mol. The van der Waals surface area contributed by atoms with Crippen LogP contribution in [0.4, 0.5) is 0 Å². The molecule has 0 aromatic heterocycles. The fourth-order valence-corrected chi connectivity index (χ4v) is 2.24. The quantitative estimate of drug-likeness (QED) is 0.634. The zero-order chi connectivity index (χ0) is 13.7. The van der Waals surface area contributed by atoms with Gasteiger partial charge in [-0.3, -0.25) is 11.3 Å². The third-order valence-corrected chi connectivity index (χ3v) is 3.41. The first-order chi connectivity index (χ1) is 9.20. The molecule has 2 rings (SSSR count). The maximum Gasteiger partial charge on any atom is 0.161 e. The summed E-state index contributed by atoms with van der Waals surface area (Å²) in [6, 6.07) is 6.26. The standard InChI is InChI=1S/C15H24N2O2/c1-11(2)4-6-13(17-16)12-5-7-14-15(10-12)19-9-3-8-18-14/h5,7,10-11,13,17H,3-4,6,8-9,16H2,1-2H3. The first-order valence-electron chi connectivity index (χ1n) is 7.06. The molecule has 4 nitrogen and oxygen atoms in total. The minimum absolute atomic E-state index is 0.166. The van der Waals surface area contributed by atoms with Crippen molar-refractivity contribution in [3.05, 3.63) is 23.8 Å². The fraction of sp³-hybridized carbons (Fsp3) is 0.600. The molecule has 1 heterocycles. The highest BCUT2D eigenvalue weighted by Crippen LogP contribution is 2.33. The van der Waals surface area contributed by atoms with Crippen LogP contribution in [0.1, 0.15) is 44.7 Å². The number of rotatable bonds is 5. The van der Waals surface area contributed by atoms with E-state index in [2.05, 4.69) is 25.3 Å². The summed E-state index contributed by atoms with van der Waals surface area (Å²) in [5.74, 6) is 8.02. The highest BCUT2D eigenvalue weighted by Gasteiger charge is 2.15. The van der Waals surface area contributed by atoms with E-state index in [-0.39, 0.29) is 6.04 Å². The van der Waals surface area contributed by atoms with Gasteiger partial charge in [0, 0.05) is 12.5 Å². The van der Waals surface area contributed by atoms with Crippen LogP contribution in [0.25, 0.3) is 0 Å². The van der Waals surface area contributed by atoms with Gasteiger partial charge in [-0.2, -0.15) is 0 Å². The van der Waals surface area contributed by atoms with E-state index in [1.807, 2.05) is 12.1 Å². The van der Waals surface area contributed by atoms with Gasteiger partial charge in [-0.15, -0.1) is 0 Å². The van der Waals surface area contributed by atoms with E-state index in [0.29, 0.717) is 12.5 Å². The Morgan fingerprint density at radius 3 is 2.58 bits per heavy atom. The molecule has 0 saturated heterocycles. The van der Waals surface area contributed by atoms with Gasteiger partial charge >= 0.3 is 0 Å². The van der Waals surface area contributed by atoms with Gasteiger partial charge in [-0.05, 0) is 36.5 Å². The van der Waals surface area contributed by atoms with Gasteiger partial charge in [0.1, 0.15) is 0 Å². The van der Waals surface area contributed by atoms with Crippen molar-refractivity contribution in [2.75, 3.05) is 13.2 Å². The summed E-state index contributed by atoms with van der Waals surface area (Å²) in [5, 5.41) is 0. The number of fused-ring (bicyclic) bond motifs is 1. The van der Waals surface area contributed by atoms with Crippen molar-refractivity contribution in [2.24, 2.45) is 11.8 Å². The van der Waals surface area contributed by atoms with Crippen molar-refractivity contribution in [3.8, 4) is 11.5 Å². The lowest BCUT2D eigenvalue weighted by atomic mass is 9.98. The van der Waals surface area contributed by atoms with E-state index < -0.39 is 0 Å². The van der Waals surface area contributed by atoms with Gasteiger partial charge in [0.05, 0.1) is 13.2 Å². The van der Waals surface area contributed by atoms with Crippen LogP contribution in [-0.4, -0.2) is 13.2 Å². The van der Waals surface area contributed by atoms with Gasteiger partial charge < -0.3 is 9.47 Å². The summed E-state index contributed by atoms with van der Waals surface area (Å²) in [5.41, 5.74) is 4.06. The Morgan fingerprint density at radius 2 is 1.89 bits per heavy atom. The molecule has 0 bridgehead atoms. The van der Waals surface area contributed by atoms with Crippen LogP contribution in [-0.2, 0) is 0 Å². The molecule has 19 heavy (non-hydrogen) atoms. The van der Waals surface area contributed by atoms with Gasteiger partial charge in [0.2, 0.25) is 0 Å². The monoisotopic (exact) mass is 264 g/mol. The zero-order valence-corrected chi connectivity index (χ0v) is 11.8. The summed E-state index contributed by atoms with van der Waals surface area (Å²) >= 11 is 0. The zero-order valence-electron chi connectivity index (χ0n) is 11.8. The second kappa shape index (κ2) is 6.78. The van der Waals surface area contributed by atoms with E-state index in [1.54, 1.807) is 0 Å². The van der Waals surface area contributed by atoms with Crippen molar-refractivity contribution in [2.45, 2.75) is 39.2 Å². The summed E-state index contributed by atoms with van der Waals surface area (Å²) < 4.78 is 11.4. The summed E-state index contributed by atoms with van der Waals surface area (Å²) in [6.07, 6.45) is 3.09. The predicted octanol–water partition coefficient (Wildman–Crippen LogP) is 2.79. The Morgan fingerprint density at radius 1 is 1.16 bits per heavy atom. The van der Waals surface area contributed by atoms with E-state index in [9.17, 15) is 0 Å². The number of benzene rings is 1. The number of nitrogens with one attached hydrogen (secondary N) is 1. The van der Waals surface area contributed by atoms with Crippen LogP contribution in [0.3, 0.4) is 0 Å². The molecule has 1 atom stereocenters. The largest absolute Gasteiger partial charge is 0.490 e. The van der Waals surface area contributed by atoms with Crippen LogP contribution in [0, 0.1) is 5.92 Å². The molecule has 1 aliphatic heterocycles. The van der Waals surface area contributed by atoms with Crippen molar-refractivity contribution < 1.29 is 9.47 Å². The van der Waals surface area contributed by atoms with E-state index in [0.717, 1.165) is 42.9 Å². The van der Waals surface area contributed by atoms with Crippen LogP contribution in [0.15, 0.2) is 18.2 Å². The molecule has 4 heteroatoms. The van der Waals surface area contributed by atoms with E-state index in [4.69, 9.17) is 15.3 Å². The van der Waals surface area contributed by atoms with Gasteiger partial charge in [-0.1, -0.05) is 19.9 Å².